The number of nitrogens with one attached hydrogen (secondary N) is 1. The van der Waals surface area contributed by atoms with Crippen LogP contribution in [0, 0.1) is 10.1 Å². The van der Waals surface area contributed by atoms with E-state index in [1.807, 2.05) is 0 Å². The van der Waals surface area contributed by atoms with Gasteiger partial charge in [0.2, 0.25) is 0 Å². The monoisotopic (exact) mass is 382 g/mol. The Kier molecular flexibility index (Phi) is 6.32. The van der Waals surface area contributed by atoms with Crippen molar-refractivity contribution in [1.82, 2.24) is 5.32 Å². The highest BCUT2D eigenvalue weighted by atomic mass is 35.5. The van der Waals surface area contributed by atoms with Crippen LogP contribution < -0.4 is 5.32 Å². The van der Waals surface area contributed by atoms with Crippen LogP contribution in [0.2, 0.25) is 10.0 Å². The first-order valence-corrected chi connectivity index (χ1v) is 7.75. The minimum Gasteiger partial charge on any atom is -0.452 e. The van der Waals surface area contributed by atoms with Gasteiger partial charge in [-0.15, -0.1) is 0 Å². The van der Waals surface area contributed by atoms with Crippen molar-refractivity contribution in [2.45, 2.75) is 6.54 Å². The number of nitro groups is 1. The Morgan fingerprint density at radius 1 is 1.16 bits per heavy atom. The normalized spacial score (nSPS) is 10.2. The van der Waals surface area contributed by atoms with Crippen LogP contribution in [0.5, 0.6) is 0 Å². The Hall–Kier alpha value is -2.64. The number of halogens is 2. The predicted octanol–water partition coefficient (Wildman–Crippen LogP) is 3.37. The van der Waals surface area contributed by atoms with E-state index >= 15 is 0 Å². The second-order valence-electron chi connectivity index (χ2n) is 4.86. The Balaban J connectivity index is 1.90. The molecule has 0 spiro atoms. The topological polar surface area (TPSA) is 98.5 Å². The van der Waals surface area contributed by atoms with Crippen LogP contribution >= 0.6 is 23.2 Å². The van der Waals surface area contributed by atoms with E-state index in [1.54, 1.807) is 18.2 Å². The largest absolute Gasteiger partial charge is 0.452 e. The highest BCUT2D eigenvalue weighted by molar-refractivity contribution is 6.35. The lowest BCUT2D eigenvalue weighted by Gasteiger charge is -2.08. The van der Waals surface area contributed by atoms with E-state index in [1.165, 1.54) is 24.3 Å². The van der Waals surface area contributed by atoms with Gasteiger partial charge >= 0.3 is 5.97 Å². The summed E-state index contributed by atoms with van der Waals surface area (Å²) in [5.74, 6) is -1.52. The summed E-state index contributed by atoms with van der Waals surface area (Å²) < 4.78 is 4.81. The van der Waals surface area contributed by atoms with E-state index < -0.39 is 23.4 Å². The first-order valence-electron chi connectivity index (χ1n) is 6.99. The lowest BCUT2D eigenvalue weighted by Crippen LogP contribution is -2.28. The van der Waals surface area contributed by atoms with Crippen LogP contribution in [0.25, 0.3) is 0 Å². The first-order chi connectivity index (χ1) is 11.9. The quantitative estimate of drug-likeness (QED) is 0.469. The van der Waals surface area contributed by atoms with Crippen molar-refractivity contribution in [3.63, 3.8) is 0 Å². The van der Waals surface area contributed by atoms with Crippen molar-refractivity contribution >= 4 is 40.8 Å². The van der Waals surface area contributed by atoms with Crippen molar-refractivity contribution in [3.05, 3.63) is 73.8 Å². The Morgan fingerprint density at radius 3 is 2.56 bits per heavy atom. The molecule has 0 heterocycles. The van der Waals surface area contributed by atoms with Crippen molar-refractivity contribution in [2.75, 3.05) is 6.61 Å². The Labute approximate surface area is 152 Å². The molecule has 130 valence electrons. The first kappa shape index (κ1) is 18.7. The third-order valence-electron chi connectivity index (χ3n) is 3.15. The summed E-state index contributed by atoms with van der Waals surface area (Å²) in [7, 11) is 0. The second-order valence-corrected chi connectivity index (χ2v) is 5.71. The summed E-state index contributed by atoms with van der Waals surface area (Å²) in [6.07, 6.45) is 0. The Bertz CT molecular complexity index is 826. The zero-order valence-corrected chi connectivity index (χ0v) is 14.2. The zero-order chi connectivity index (χ0) is 18.4. The van der Waals surface area contributed by atoms with Crippen LogP contribution in [-0.2, 0) is 16.1 Å². The second kappa shape index (κ2) is 8.46. The summed E-state index contributed by atoms with van der Waals surface area (Å²) in [6, 6.07) is 10.2. The number of nitrogens with zero attached hydrogens (tertiary/aromatic N) is 1. The molecule has 0 aromatic heterocycles. The van der Waals surface area contributed by atoms with Crippen LogP contribution in [0.4, 0.5) is 5.69 Å². The number of carbonyl (C=O) groups is 2. The summed E-state index contributed by atoms with van der Waals surface area (Å²) in [5.41, 5.74) is 0.0336. The third-order valence-corrected chi connectivity index (χ3v) is 3.73. The van der Waals surface area contributed by atoms with Gasteiger partial charge in [-0.1, -0.05) is 41.4 Å². The van der Waals surface area contributed by atoms with E-state index in [4.69, 9.17) is 27.9 Å². The molecule has 0 aliphatic carbocycles. The van der Waals surface area contributed by atoms with Gasteiger partial charge in [-0.05, 0) is 23.8 Å². The molecule has 1 amide bonds. The average Bonchev–Trinajstić information content (AvgIpc) is 2.58. The highest BCUT2D eigenvalue weighted by Gasteiger charge is 2.21. The number of hydrogen-bond donors (Lipinski definition) is 1. The van der Waals surface area contributed by atoms with Gasteiger partial charge < -0.3 is 10.1 Å². The van der Waals surface area contributed by atoms with Crippen LogP contribution in [0.3, 0.4) is 0 Å². The smallest absolute Gasteiger partial charge is 0.345 e. The molecule has 7 nitrogen and oxygen atoms in total. The molecule has 0 fully saturated rings. The maximum Gasteiger partial charge on any atom is 0.345 e. The molecule has 0 aliphatic heterocycles. The van der Waals surface area contributed by atoms with Crippen molar-refractivity contribution in [2.24, 2.45) is 0 Å². The van der Waals surface area contributed by atoms with Crippen molar-refractivity contribution in [1.29, 1.82) is 0 Å². The number of amides is 1. The number of carbonyl (C=O) groups excluding carboxylic acids is 2. The lowest BCUT2D eigenvalue weighted by molar-refractivity contribution is -0.385. The van der Waals surface area contributed by atoms with Gasteiger partial charge in [0.05, 0.1) is 4.92 Å². The zero-order valence-electron chi connectivity index (χ0n) is 12.7. The van der Waals surface area contributed by atoms with Gasteiger partial charge in [0.1, 0.15) is 5.56 Å². The summed E-state index contributed by atoms with van der Waals surface area (Å²) in [5, 5.41) is 14.3. The Morgan fingerprint density at radius 2 is 1.88 bits per heavy atom. The molecule has 0 atom stereocenters. The van der Waals surface area contributed by atoms with Crippen LogP contribution in [0.1, 0.15) is 15.9 Å². The van der Waals surface area contributed by atoms with Gasteiger partial charge in [0.25, 0.3) is 11.6 Å². The van der Waals surface area contributed by atoms with E-state index in [-0.39, 0.29) is 17.8 Å². The van der Waals surface area contributed by atoms with E-state index in [0.717, 1.165) is 0 Å². The summed E-state index contributed by atoms with van der Waals surface area (Å²) in [4.78, 5) is 33.8. The standard InChI is InChI=1S/C16H12Cl2N2O5/c17-11-6-5-10(13(18)7-11)8-19-15(21)9-25-16(22)12-3-1-2-4-14(12)20(23)24/h1-7H,8-9H2,(H,19,21). The van der Waals surface area contributed by atoms with Crippen LogP contribution in [-0.4, -0.2) is 23.4 Å². The number of rotatable bonds is 6. The minimum atomic E-state index is -0.952. The number of nitro benzene ring substituents is 1. The molecule has 0 saturated carbocycles. The molecule has 0 unspecified atom stereocenters. The van der Waals surface area contributed by atoms with Gasteiger partial charge in [-0.25, -0.2) is 4.79 Å². The van der Waals surface area contributed by atoms with Crippen molar-refractivity contribution < 1.29 is 19.2 Å². The number of hydrogen-bond acceptors (Lipinski definition) is 5. The number of benzene rings is 2. The predicted molar refractivity (Wildman–Crippen MR) is 91.7 cm³/mol. The fourth-order valence-corrected chi connectivity index (χ4v) is 2.40. The highest BCUT2D eigenvalue weighted by Crippen LogP contribution is 2.21. The number of esters is 1. The molecule has 2 aromatic rings. The molecule has 0 bridgehead atoms. The number of para-hydroxylation sites is 1. The van der Waals surface area contributed by atoms with E-state index in [2.05, 4.69) is 5.32 Å². The molecule has 2 rings (SSSR count). The van der Waals surface area contributed by atoms with Crippen LogP contribution in [0.15, 0.2) is 42.5 Å². The minimum absolute atomic E-state index is 0.123. The maximum atomic E-state index is 11.9. The third kappa shape index (κ3) is 5.17. The van der Waals surface area contributed by atoms with E-state index in [0.29, 0.717) is 15.6 Å². The maximum absolute atomic E-state index is 11.9. The molecule has 0 aliphatic rings. The summed E-state index contributed by atoms with van der Waals surface area (Å²) >= 11 is 11.8. The molecular weight excluding hydrogens is 371 g/mol. The van der Waals surface area contributed by atoms with Gasteiger partial charge in [-0.3, -0.25) is 14.9 Å². The molecule has 0 saturated heterocycles. The fourth-order valence-electron chi connectivity index (χ4n) is 1.92. The fraction of sp³-hybridized carbons (Fsp3) is 0.125. The molecule has 2 aromatic carbocycles. The molecule has 25 heavy (non-hydrogen) atoms. The van der Waals surface area contributed by atoms with Crippen molar-refractivity contribution in [3.8, 4) is 0 Å². The van der Waals surface area contributed by atoms with E-state index in [9.17, 15) is 19.7 Å². The number of ether oxygens (including phenoxy) is 1. The van der Waals surface area contributed by atoms with Gasteiger partial charge in [0.15, 0.2) is 6.61 Å². The molecule has 9 heteroatoms. The van der Waals surface area contributed by atoms with Gasteiger partial charge in [0, 0.05) is 22.7 Å². The SMILES string of the molecule is O=C(COC(=O)c1ccccc1[N+](=O)[O-])NCc1ccc(Cl)cc1Cl. The average molecular weight is 383 g/mol. The molecular formula is C16H12Cl2N2O5. The summed E-state index contributed by atoms with van der Waals surface area (Å²) in [6.45, 7) is -0.450. The van der Waals surface area contributed by atoms with Gasteiger partial charge in [-0.2, -0.15) is 0 Å². The molecule has 0 radical (unpaired) electrons. The lowest BCUT2D eigenvalue weighted by atomic mass is 10.2. The molecule has 1 N–H and O–H groups in total.